The number of aromatic nitrogens is 2. The molecule has 0 amide bonds. The molecule has 3 rings (SSSR count). The van der Waals surface area contributed by atoms with Crippen molar-refractivity contribution in [2.75, 3.05) is 25.6 Å². The van der Waals surface area contributed by atoms with Crippen molar-refractivity contribution in [1.82, 2.24) is 9.38 Å². The van der Waals surface area contributed by atoms with Crippen LogP contribution in [-0.4, -0.2) is 29.6 Å². The normalized spacial score (nSPS) is 11.8. The largest absolute Gasteiger partial charge is 0.383 e. The summed E-state index contributed by atoms with van der Waals surface area (Å²) in [4.78, 5) is 4.82. The van der Waals surface area contributed by atoms with E-state index in [2.05, 4.69) is 61.0 Å². The molecule has 3 aromatic rings. The highest BCUT2D eigenvalue weighted by Gasteiger charge is 2.14. The van der Waals surface area contributed by atoms with Gasteiger partial charge in [-0.25, -0.2) is 4.98 Å². The van der Waals surface area contributed by atoms with Gasteiger partial charge in [-0.3, -0.25) is 4.40 Å². The van der Waals surface area contributed by atoms with E-state index in [-0.39, 0.29) is 5.41 Å². The van der Waals surface area contributed by atoms with E-state index in [0.717, 1.165) is 36.5 Å². The topological polar surface area (TPSA) is 38.6 Å². The molecule has 0 spiro atoms. The maximum atomic E-state index is 5.17. The molecule has 1 aromatic carbocycles. The van der Waals surface area contributed by atoms with Crippen LogP contribution in [-0.2, 0) is 23.0 Å². The number of benzene rings is 1. The lowest BCUT2D eigenvalue weighted by molar-refractivity contribution is 0.210. The average Bonchev–Trinajstić information content (AvgIpc) is 2.98. The van der Waals surface area contributed by atoms with E-state index < -0.39 is 0 Å². The molecular formula is C22H29N3O. The molecule has 2 aromatic heterocycles. The lowest BCUT2D eigenvalue weighted by Crippen LogP contribution is -2.11. The molecule has 138 valence electrons. The molecule has 0 unspecified atom stereocenters. The van der Waals surface area contributed by atoms with Gasteiger partial charge in [0.2, 0.25) is 0 Å². The van der Waals surface area contributed by atoms with Crippen LogP contribution >= 0.6 is 0 Å². The predicted octanol–water partition coefficient (Wildman–Crippen LogP) is 4.48. The Morgan fingerprint density at radius 3 is 2.50 bits per heavy atom. The average molecular weight is 351 g/mol. The van der Waals surface area contributed by atoms with Crippen LogP contribution in [0.5, 0.6) is 0 Å². The number of nitrogens with zero attached hydrogens (tertiary/aromatic N) is 2. The van der Waals surface area contributed by atoms with Crippen LogP contribution in [0.3, 0.4) is 0 Å². The molecule has 0 radical (unpaired) electrons. The number of fused-ring (bicyclic) bond motifs is 1. The van der Waals surface area contributed by atoms with Crippen molar-refractivity contribution in [3.8, 4) is 0 Å². The SMILES string of the molecule is COCCNc1c(CCc2ccc(C(C)(C)C)cc2)nc2ccccn12. The van der Waals surface area contributed by atoms with Gasteiger partial charge in [0, 0.05) is 19.9 Å². The number of aryl methyl sites for hydroxylation is 2. The van der Waals surface area contributed by atoms with Crippen LogP contribution in [0.2, 0.25) is 0 Å². The molecule has 0 atom stereocenters. The number of nitrogens with one attached hydrogen (secondary N) is 1. The van der Waals surface area contributed by atoms with E-state index in [1.54, 1.807) is 7.11 Å². The van der Waals surface area contributed by atoms with Crippen LogP contribution in [0.4, 0.5) is 5.82 Å². The first-order valence-corrected chi connectivity index (χ1v) is 9.27. The summed E-state index contributed by atoms with van der Waals surface area (Å²) in [5, 5.41) is 3.48. The van der Waals surface area contributed by atoms with Crippen molar-refractivity contribution in [2.45, 2.75) is 39.0 Å². The summed E-state index contributed by atoms with van der Waals surface area (Å²) in [7, 11) is 1.72. The first-order valence-electron chi connectivity index (χ1n) is 9.27. The molecule has 1 N–H and O–H groups in total. The number of imidazole rings is 1. The van der Waals surface area contributed by atoms with Crippen LogP contribution in [0, 0.1) is 0 Å². The fraction of sp³-hybridized carbons (Fsp3) is 0.409. The molecule has 2 heterocycles. The number of hydrogen-bond donors (Lipinski definition) is 1. The van der Waals surface area contributed by atoms with E-state index in [1.807, 2.05) is 18.2 Å². The summed E-state index contributed by atoms with van der Waals surface area (Å²) in [6.45, 7) is 8.18. The summed E-state index contributed by atoms with van der Waals surface area (Å²) >= 11 is 0. The Labute approximate surface area is 156 Å². The second-order valence-electron chi connectivity index (χ2n) is 7.70. The molecule has 0 aliphatic carbocycles. The third kappa shape index (κ3) is 4.25. The zero-order chi connectivity index (χ0) is 18.6. The lowest BCUT2D eigenvalue weighted by Gasteiger charge is -2.19. The van der Waals surface area contributed by atoms with Gasteiger partial charge in [-0.05, 0) is 41.5 Å². The molecule has 4 heteroatoms. The van der Waals surface area contributed by atoms with Gasteiger partial charge < -0.3 is 10.1 Å². The number of methoxy groups -OCH3 is 1. The van der Waals surface area contributed by atoms with Crippen molar-refractivity contribution in [3.63, 3.8) is 0 Å². The van der Waals surface area contributed by atoms with Gasteiger partial charge in [-0.15, -0.1) is 0 Å². The number of ether oxygens (including phenoxy) is 1. The van der Waals surface area contributed by atoms with Gasteiger partial charge in [0.25, 0.3) is 0 Å². The van der Waals surface area contributed by atoms with Gasteiger partial charge in [-0.2, -0.15) is 0 Å². The third-order valence-corrected chi connectivity index (χ3v) is 4.67. The Hall–Kier alpha value is -2.33. The minimum atomic E-state index is 0.193. The predicted molar refractivity (Wildman–Crippen MR) is 108 cm³/mol. The lowest BCUT2D eigenvalue weighted by atomic mass is 9.86. The van der Waals surface area contributed by atoms with Crippen LogP contribution in [0.1, 0.15) is 37.6 Å². The summed E-state index contributed by atoms with van der Waals surface area (Å²) in [6.07, 6.45) is 3.94. The van der Waals surface area contributed by atoms with E-state index in [1.165, 1.54) is 11.1 Å². The maximum absolute atomic E-state index is 5.17. The second kappa shape index (κ2) is 7.92. The van der Waals surface area contributed by atoms with E-state index >= 15 is 0 Å². The Morgan fingerprint density at radius 2 is 1.81 bits per heavy atom. The fourth-order valence-corrected chi connectivity index (χ4v) is 3.11. The Balaban J connectivity index is 1.76. The van der Waals surface area contributed by atoms with Gasteiger partial charge in [0.05, 0.1) is 12.3 Å². The van der Waals surface area contributed by atoms with Gasteiger partial charge in [-0.1, -0.05) is 51.1 Å². The van der Waals surface area contributed by atoms with Gasteiger partial charge in [0.1, 0.15) is 11.5 Å². The van der Waals surface area contributed by atoms with Gasteiger partial charge in [0.15, 0.2) is 0 Å². The summed E-state index contributed by atoms with van der Waals surface area (Å²) in [5.74, 6) is 1.07. The smallest absolute Gasteiger partial charge is 0.138 e. The number of hydrogen-bond acceptors (Lipinski definition) is 3. The number of rotatable bonds is 7. The maximum Gasteiger partial charge on any atom is 0.138 e. The van der Waals surface area contributed by atoms with Crippen molar-refractivity contribution in [2.24, 2.45) is 0 Å². The standard InChI is InChI=1S/C22H29N3O/c1-22(2,3)18-11-8-17(9-12-18)10-13-19-21(23-14-16-26-4)25-15-6-5-7-20(25)24-19/h5-9,11-12,15,23H,10,13-14,16H2,1-4H3. The molecule has 0 fully saturated rings. The third-order valence-electron chi connectivity index (χ3n) is 4.67. The first-order chi connectivity index (χ1) is 12.5. The monoisotopic (exact) mass is 351 g/mol. The van der Waals surface area contributed by atoms with Crippen molar-refractivity contribution in [1.29, 1.82) is 0 Å². The fourth-order valence-electron chi connectivity index (χ4n) is 3.11. The van der Waals surface area contributed by atoms with E-state index in [9.17, 15) is 0 Å². The zero-order valence-corrected chi connectivity index (χ0v) is 16.2. The quantitative estimate of drug-likeness (QED) is 0.638. The minimum Gasteiger partial charge on any atom is -0.383 e. The van der Waals surface area contributed by atoms with E-state index in [0.29, 0.717) is 6.61 Å². The van der Waals surface area contributed by atoms with Crippen LogP contribution in [0.15, 0.2) is 48.7 Å². The molecule has 0 saturated carbocycles. The molecule has 0 saturated heterocycles. The summed E-state index contributed by atoms with van der Waals surface area (Å²) < 4.78 is 7.29. The molecule has 4 nitrogen and oxygen atoms in total. The first kappa shape index (κ1) is 18.5. The molecule has 0 bridgehead atoms. The van der Waals surface area contributed by atoms with E-state index in [4.69, 9.17) is 9.72 Å². The molecule has 26 heavy (non-hydrogen) atoms. The molecule has 0 aliphatic heterocycles. The zero-order valence-electron chi connectivity index (χ0n) is 16.2. The highest BCUT2D eigenvalue weighted by molar-refractivity contribution is 5.55. The second-order valence-corrected chi connectivity index (χ2v) is 7.70. The van der Waals surface area contributed by atoms with Crippen molar-refractivity contribution >= 4 is 11.5 Å². The highest BCUT2D eigenvalue weighted by atomic mass is 16.5. The molecule has 0 aliphatic rings. The van der Waals surface area contributed by atoms with Crippen LogP contribution in [0.25, 0.3) is 5.65 Å². The minimum absolute atomic E-state index is 0.193. The summed E-state index contributed by atoms with van der Waals surface area (Å²) in [5.41, 5.74) is 4.99. The summed E-state index contributed by atoms with van der Waals surface area (Å²) in [6, 6.07) is 15.1. The van der Waals surface area contributed by atoms with Crippen molar-refractivity contribution < 1.29 is 4.74 Å². The van der Waals surface area contributed by atoms with Gasteiger partial charge >= 0.3 is 0 Å². The molecular weight excluding hydrogens is 322 g/mol. The Morgan fingerprint density at radius 1 is 1.04 bits per heavy atom. The highest BCUT2D eigenvalue weighted by Crippen LogP contribution is 2.23. The van der Waals surface area contributed by atoms with Crippen molar-refractivity contribution in [3.05, 3.63) is 65.5 Å². The Bertz CT molecular complexity index is 844. The Kier molecular flexibility index (Phi) is 5.62. The van der Waals surface area contributed by atoms with Crippen LogP contribution < -0.4 is 5.32 Å². The number of anilines is 1. The number of pyridine rings is 1.